The van der Waals surface area contributed by atoms with E-state index in [0.29, 0.717) is 21.5 Å². The summed E-state index contributed by atoms with van der Waals surface area (Å²) in [6, 6.07) is 7.91. The van der Waals surface area contributed by atoms with Crippen molar-refractivity contribution in [3.8, 4) is 11.5 Å². The first kappa shape index (κ1) is 23.6. The molecule has 0 heterocycles. The van der Waals surface area contributed by atoms with Crippen LogP contribution in [0.25, 0.3) is 0 Å². The molecule has 0 aliphatic carbocycles. The lowest BCUT2D eigenvalue weighted by atomic mass is 10.0. The number of hydrazone groups is 1. The largest absolute Gasteiger partial charge is 0.504 e. The van der Waals surface area contributed by atoms with E-state index in [1.165, 1.54) is 24.4 Å². The molecule has 1 unspecified atom stereocenters. The molecule has 0 aliphatic heterocycles. The van der Waals surface area contributed by atoms with E-state index < -0.39 is 23.7 Å². The van der Waals surface area contributed by atoms with E-state index in [4.69, 9.17) is 4.74 Å². The van der Waals surface area contributed by atoms with Gasteiger partial charge in [-0.2, -0.15) is 5.10 Å². The zero-order valence-corrected chi connectivity index (χ0v) is 18.9. The van der Waals surface area contributed by atoms with E-state index in [0.717, 1.165) is 0 Å². The topological polar surface area (TPSA) is 100 Å². The molecule has 0 saturated carbocycles. The highest BCUT2D eigenvalue weighted by Gasteiger charge is 2.25. The average molecular weight is 527 g/mol. The number of phenolic OH excluding ortho intramolecular Hbond substituents is 1. The van der Waals surface area contributed by atoms with Gasteiger partial charge in [-0.1, -0.05) is 26.0 Å². The second-order valence-corrected chi connectivity index (χ2v) is 7.85. The lowest BCUT2D eigenvalue weighted by Crippen LogP contribution is -2.48. The molecule has 2 amide bonds. The lowest BCUT2D eigenvalue weighted by Gasteiger charge is -2.20. The lowest BCUT2D eigenvalue weighted by molar-refractivity contribution is -0.123. The number of nitrogens with zero attached hydrogens (tertiary/aromatic N) is 1. The van der Waals surface area contributed by atoms with Crippen LogP contribution >= 0.6 is 22.6 Å². The van der Waals surface area contributed by atoms with Gasteiger partial charge in [0.1, 0.15) is 11.9 Å². The van der Waals surface area contributed by atoms with Crippen molar-refractivity contribution in [3.05, 3.63) is 56.9 Å². The van der Waals surface area contributed by atoms with Gasteiger partial charge in [0.15, 0.2) is 11.5 Å². The van der Waals surface area contributed by atoms with E-state index in [1.807, 2.05) is 22.6 Å². The van der Waals surface area contributed by atoms with Crippen LogP contribution in [-0.2, 0) is 4.79 Å². The van der Waals surface area contributed by atoms with Crippen LogP contribution in [0.1, 0.15) is 36.7 Å². The third-order valence-corrected chi connectivity index (χ3v) is 4.92. The van der Waals surface area contributed by atoms with Gasteiger partial charge in [-0.25, -0.2) is 9.82 Å². The highest BCUT2D eigenvalue weighted by molar-refractivity contribution is 14.1. The molecule has 2 aromatic carbocycles. The van der Waals surface area contributed by atoms with E-state index in [1.54, 1.807) is 39.0 Å². The van der Waals surface area contributed by atoms with Crippen LogP contribution in [0.4, 0.5) is 4.39 Å². The number of nitrogens with one attached hydrogen (secondary N) is 2. The molecule has 9 heteroatoms. The Hall–Kier alpha value is -2.69. The number of phenols is 1. The Morgan fingerprint density at radius 1 is 1.30 bits per heavy atom. The van der Waals surface area contributed by atoms with Crippen molar-refractivity contribution in [1.29, 1.82) is 0 Å². The standard InChI is InChI=1S/C21H23FIN3O4/c1-4-30-17-10-13(9-16(23)19(17)27)11-24-26-21(29)18(12(2)3)25-20(28)14-7-5-6-8-15(14)22/h5-12,18,27H,4H2,1-3H3,(H,25,28)(H,26,29)/b24-11+. The number of ether oxygens (including phenoxy) is 1. The maximum atomic E-state index is 13.8. The maximum absolute atomic E-state index is 13.8. The summed E-state index contributed by atoms with van der Waals surface area (Å²) in [6.07, 6.45) is 1.40. The van der Waals surface area contributed by atoms with Crippen molar-refractivity contribution in [1.82, 2.24) is 10.7 Å². The molecule has 1 atom stereocenters. The number of hydrogen-bond donors (Lipinski definition) is 3. The minimum atomic E-state index is -0.909. The molecule has 0 bridgehead atoms. The van der Waals surface area contributed by atoms with Crippen LogP contribution in [-0.4, -0.2) is 35.8 Å². The first-order valence-corrected chi connectivity index (χ1v) is 10.4. The van der Waals surface area contributed by atoms with E-state index in [-0.39, 0.29) is 17.2 Å². The quantitative estimate of drug-likeness (QED) is 0.278. The molecule has 0 saturated heterocycles. The average Bonchev–Trinajstić information content (AvgIpc) is 2.69. The molecule has 2 aromatic rings. The van der Waals surface area contributed by atoms with Crippen LogP contribution < -0.4 is 15.5 Å². The van der Waals surface area contributed by atoms with Crippen LogP contribution in [0, 0.1) is 15.3 Å². The normalized spacial score (nSPS) is 12.1. The van der Waals surface area contributed by atoms with Crippen LogP contribution in [0.5, 0.6) is 11.5 Å². The predicted octanol–water partition coefficient (Wildman–Crippen LogP) is 3.44. The highest BCUT2D eigenvalue weighted by Crippen LogP contribution is 2.32. The number of rotatable bonds is 8. The second kappa shape index (κ2) is 10.9. The summed E-state index contributed by atoms with van der Waals surface area (Å²) < 4.78 is 19.8. The Labute approximate surface area is 187 Å². The highest BCUT2D eigenvalue weighted by atomic mass is 127. The summed E-state index contributed by atoms with van der Waals surface area (Å²) in [7, 11) is 0. The number of aromatic hydroxyl groups is 1. The summed E-state index contributed by atoms with van der Waals surface area (Å²) in [5.41, 5.74) is 2.86. The maximum Gasteiger partial charge on any atom is 0.262 e. The number of halogens is 2. The van der Waals surface area contributed by atoms with Crippen molar-refractivity contribution in [3.63, 3.8) is 0 Å². The molecule has 160 valence electrons. The number of carbonyl (C=O) groups is 2. The fraction of sp³-hybridized carbons (Fsp3) is 0.286. The van der Waals surface area contributed by atoms with E-state index >= 15 is 0 Å². The summed E-state index contributed by atoms with van der Waals surface area (Å²) in [6.45, 7) is 5.70. The van der Waals surface area contributed by atoms with Crippen molar-refractivity contribution in [2.24, 2.45) is 11.0 Å². The third-order valence-electron chi connectivity index (χ3n) is 4.09. The smallest absolute Gasteiger partial charge is 0.262 e. The van der Waals surface area contributed by atoms with Gasteiger partial charge in [0.05, 0.1) is 22.0 Å². The Morgan fingerprint density at radius 2 is 2.00 bits per heavy atom. The molecule has 2 rings (SSSR count). The van der Waals surface area contributed by atoms with Crippen molar-refractivity contribution < 1.29 is 23.8 Å². The zero-order valence-electron chi connectivity index (χ0n) is 16.8. The van der Waals surface area contributed by atoms with Crippen molar-refractivity contribution in [2.75, 3.05) is 6.61 Å². The van der Waals surface area contributed by atoms with Gasteiger partial charge < -0.3 is 15.2 Å². The van der Waals surface area contributed by atoms with Gasteiger partial charge in [0.25, 0.3) is 11.8 Å². The summed E-state index contributed by atoms with van der Waals surface area (Å²) in [5, 5.41) is 16.5. The third kappa shape index (κ3) is 6.15. The van der Waals surface area contributed by atoms with E-state index in [2.05, 4.69) is 15.8 Å². The molecule has 0 fully saturated rings. The Balaban J connectivity index is 2.09. The minimum absolute atomic E-state index is 0.0364. The monoisotopic (exact) mass is 527 g/mol. The summed E-state index contributed by atoms with van der Waals surface area (Å²) in [5.74, 6) is -1.79. The molecular weight excluding hydrogens is 504 g/mol. The molecule has 0 aromatic heterocycles. The molecule has 3 N–H and O–H groups in total. The van der Waals surface area contributed by atoms with Gasteiger partial charge in [-0.15, -0.1) is 0 Å². The first-order valence-electron chi connectivity index (χ1n) is 9.28. The molecule has 7 nitrogen and oxygen atoms in total. The van der Waals surface area contributed by atoms with Gasteiger partial charge in [-0.3, -0.25) is 9.59 Å². The molecule has 0 radical (unpaired) electrons. The SMILES string of the molecule is CCOc1cc(/C=N/NC(=O)C(NC(=O)c2ccccc2F)C(C)C)cc(I)c1O. The fourth-order valence-electron chi connectivity index (χ4n) is 2.57. The van der Waals surface area contributed by atoms with Gasteiger partial charge >= 0.3 is 0 Å². The van der Waals surface area contributed by atoms with Crippen LogP contribution in [0.2, 0.25) is 0 Å². The van der Waals surface area contributed by atoms with Crippen LogP contribution in [0.3, 0.4) is 0 Å². The van der Waals surface area contributed by atoms with Gasteiger partial charge in [0.2, 0.25) is 0 Å². The van der Waals surface area contributed by atoms with Crippen molar-refractivity contribution >= 4 is 40.6 Å². The van der Waals surface area contributed by atoms with E-state index in [9.17, 15) is 19.1 Å². The number of amides is 2. The first-order chi connectivity index (χ1) is 14.2. The fourth-order valence-corrected chi connectivity index (χ4v) is 3.20. The number of benzene rings is 2. The Kier molecular flexibility index (Phi) is 8.58. The zero-order chi connectivity index (χ0) is 22.3. The van der Waals surface area contributed by atoms with Crippen LogP contribution in [0.15, 0.2) is 41.5 Å². The Morgan fingerprint density at radius 3 is 2.63 bits per heavy atom. The summed E-state index contributed by atoms with van der Waals surface area (Å²) in [4.78, 5) is 24.9. The van der Waals surface area contributed by atoms with Crippen molar-refractivity contribution in [2.45, 2.75) is 26.8 Å². The molecule has 30 heavy (non-hydrogen) atoms. The second-order valence-electron chi connectivity index (χ2n) is 6.69. The number of carbonyl (C=O) groups excluding carboxylic acids is 2. The minimum Gasteiger partial charge on any atom is -0.504 e. The number of hydrogen-bond acceptors (Lipinski definition) is 5. The summed E-state index contributed by atoms with van der Waals surface area (Å²) >= 11 is 1.96. The predicted molar refractivity (Wildman–Crippen MR) is 120 cm³/mol. The molecule has 0 aliphatic rings. The molecule has 0 spiro atoms. The Bertz CT molecular complexity index is 950. The van der Waals surface area contributed by atoms with Gasteiger partial charge in [-0.05, 0) is 65.3 Å². The van der Waals surface area contributed by atoms with Gasteiger partial charge in [0, 0.05) is 0 Å². The molecular formula is C21H23FIN3O4.